The van der Waals surface area contributed by atoms with E-state index >= 15 is 0 Å². The minimum absolute atomic E-state index is 0.0122. The van der Waals surface area contributed by atoms with E-state index in [1.165, 1.54) is 31.6 Å². The number of carbonyl (C=O) groups excluding carboxylic acids is 2. The van der Waals surface area contributed by atoms with Crippen LogP contribution in [0, 0.1) is 0 Å². The lowest BCUT2D eigenvalue weighted by atomic mass is 10.1. The van der Waals surface area contributed by atoms with Crippen LogP contribution in [0.4, 0.5) is 0 Å². The van der Waals surface area contributed by atoms with Crippen molar-refractivity contribution < 1.29 is 27.2 Å². The van der Waals surface area contributed by atoms with Crippen molar-refractivity contribution in [1.29, 1.82) is 0 Å². The second-order valence-corrected chi connectivity index (χ2v) is 7.68. The third-order valence-electron chi connectivity index (χ3n) is 4.21. The number of fused-ring (bicyclic) bond motifs is 1. The van der Waals surface area contributed by atoms with Crippen molar-refractivity contribution >= 4 is 21.6 Å². The standard InChI is InChI=1S/C17H17NO6S/c1-3-9-25(21,22)14-10-12-11(17(20)23-2)6-7-18(12)15(14)16(19)13-5-4-8-24-13/h3-5,8,10-11H,1,6-7,9H2,2H3. The second kappa shape index (κ2) is 6.36. The molecular weight excluding hydrogens is 346 g/mol. The SMILES string of the molecule is C=CCS(=O)(=O)c1cc2n(c1C(=O)c1ccco1)CCC2C(=O)OC. The van der Waals surface area contributed by atoms with Gasteiger partial charge in [-0.3, -0.25) is 9.59 Å². The van der Waals surface area contributed by atoms with Crippen LogP contribution >= 0.6 is 0 Å². The molecule has 0 fully saturated rings. The van der Waals surface area contributed by atoms with Crippen LogP contribution in [0.15, 0.2) is 46.4 Å². The van der Waals surface area contributed by atoms with Crippen LogP contribution in [0.25, 0.3) is 0 Å². The Kier molecular flexibility index (Phi) is 4.38. The lowest BCUT2D eigenvalue weighted by molar-refractivity contribution is -0.142. The summed E-state index contributed by atoms with van der Waals surface area (Å²) in [5, 5.41) is 0. The van der Waals surface area contributed by atoms with Gasteiger partial charge in [-0.05, 0) is 24.6 Å². The third-order valence-corrected chi connectivity index (χ3v) is 5.87. The van der Waals surface area contributed by atoms with Gasteiger partial charge in [0.2, 0.25) is 5.78 Å². The molecule has 1 aliphatic heterocycles. The van der Waals surface area contributed by atoms with Gasteiger partial charge in [-0.25, -0.2) is 8.42 Å². The number of sulfone groups is 1. The number of aromatic nitrogens is 1. The van der Waals surface area contributed by atoms with E-state index in [2.05, 4.69) is 6.58 Å². The zero-order chi connectivity index (χ0) is 18.2. The van der Waals surface area contributed by atoms with Gasteiger partial charge in [-0.1, -0.05) is 6.08 Å². The quantitative estimate of drug-likeness (QED) is 0.442. The summed E-state index contributed by atoms with van der Waals surface area (Å²) >= 11 is 0. The fourth-order valence-electron chi connectivity index (χ4n) is 3.10. The molecule has 2 aromatic rings. The Labute approximate surface area is 144 Å². The van der Waals surface area contributed by atoms with Crippen molar-refractivity contribution in [2.75, 3.05) is 12.9 Å². The molecule has 0 aromatic carbocycles. The molecule has 0 amide bonds. The van der Waals surface area contributed by atoms with E-state index in [9.17, 15) is 18.0 Å². The number of hydrogen-bond acceptors (Lipinski definition) is 6. The molecule has 2 aromatic heterocycles. The van der Waals surface area contributed by atoms with Crippen LogP contribution in [0.2, 0.25) is 0 Å². The number of esters is 1. The molecule has 7 nitrogen and oxygen atoms in total. The number of methoxy groups -OCH3 is 1. The van der Waals surface area contributed by atoms with E-state index in [0.29, 0.717) is 18.7 Å². The van der Waals surface area contributed by atoms with Crippen LogP contribution in [0.3, 0.4) is 0 Å². The maximum Gasteiger partial charge on any atom is 0.314 e. The summed E-state index contributed by atoms with van der Waals surface area (Å²) in [4.78, 5) is 24.7. The number of rotatable bonds is 6. The van der Waals surface area contributed by atoms with Crippen LogP contribution < -0.4 is 0 Å². The van der Waals surface area contributed by atoms with E-state index in [0.717, 1.165) is 0 Å². The number of carbonyl (C=O) groups is 2. The second-order valence-electron chi connectivity index (χ2n) is 5.67. The topological polar surface area (TPSA) is 95.6 Å². The van der Waals surface area contributed by atoms with Crippen molar-refractivity contribution in [3.63, 3.8) is 0 Å². The number of ketones is 1. The largest absolute Gasteiger partial charge is 0.469 e. The molecule has 132 valence electrons. The average Bonchev–Trinajstić information content (AvgIpc) is 3.29. The highest BCUT2D eigenvalue weighted by atomic mass is 32.2. The summed E-state index contributed by atoms with van der Waals surface area (Å²) in [5.41, 5.74) is 0.475. The monoisotopic (exact) mass is 363 g/mol. The van der Waals surface area contributed by atoms with Crippen LogP contribution in [0.1, 0.15) is 34.3 Å². The molecular formula is C17H17NO6S. The van der Waals surface area contributed by atoms with Gasteiger partial charge in [0.15, 0.2) is 15.6 Å². The van der Waals surface area contributed by atoms with E-state index < -0.39 is 27.5 Å². The highest BCUT2D eigenvalue weighted by Crippen LogP contribution is 2.36. The average molecular weight is 363 g/mol. The number of ether oxygens (including phenoxy) is 1. The first-order chi connectivity index (χ1) is 11.9. The van der Waals surface area contributed by atoms with Crippen LogP contribution in [0.5, 0.6) is 0 Å². The molecule has 0 radical (unpaired) electrons. The molecule has 1 atom stereocenters. The lowest BCUT2D eigenvalue weighted by Crippen LogP contribution is -2.14. The Morgan fingerprint density at radius 1 is 1.48 bits per heavy atom. The van der Waals surface area contributed by atoms with Gasteiger partial charge in [-0.2, -0.15) is 0 Å². The minimum atomic E-state index is -3.76. The first-order valence-electron chi connectivity index (χ1n) is 7.63. The summed E-state index contributed by atoms with van der Waals surface area (Å²) in [6, 6.07) is 4.42. The maximum atomic E-state index is 12.8. The summed E-state index contributed by atoms with van der Waals surface area (Å²) < 4.78 is 36.7. The van der Waals surface area contributed by atoms with Gasteiger partial charge in [0.05, 0.1) is 29.9 Å². The van der Waals surface area contributed by atoms with Gasteiger partial charge >= 0.3 is 5.97 Å². The Morgan fingerprint density at radius 2 is 2.24 bits per heavy atom. The Hall–Kier alpha value is -2.61. The Balaban J connectivity index is 2.20. The number of hydrogen-bond donors (Lipinski definition) is 0. The number of furan rings is 1. The third kappa shape index (κ3) is 2.82. The van der Waals surface area contributed by atoms with Gasteiger partial charge in [-0.15, -0.1) is 6.58 Å². The van der Waals surface area contributed by atoms with E-state index in [1.807, 2.05) is 0 Å². The van der Waals surface area contributed by atoms with Crippen molar-refractivity contribution in [2.24, 2.45) is 0 Å². The maximum absolute atomic E-state index is 12.8. The smallest absolute Gasteiger partial charge is 0.314 e. The summed E-state index contributed by atoms with van der Waals surface area (Å²) in [5.74, 6) is -1.86. The molecule has 1 unspecified atom stereocenters. The molecule has 1 aliphatic rings. The number of nitrogens with zero attached hydrogens (tertiary/aromatic N) is 1. The minimum Gasteiger partial charge on any atom is -0.469 e. The van der Waals surface area contributed by atoms with E-state index in [-0.39, 0.29) is 22.1 Å². The molecule has 0 aliphatic carbocycles. The fourth-order valence-corrected chi connectivity index (χ4v) is 4.39. The predicted octanol–water partition coefficient (Wildman–Crippen LogP) is 1.93. The van der Waals surface area contributed by atoms with Gasteiger partial charge in [0.25, 0.3) is 0 Å². The molecule has 0 bridgehead atoms. The molecule has 0 N–H and O–H groups in total. The van der Waals surface area contributed by atoms with Gasteiger partial charge < -0.3 is 13.7 Å². The normalized spacial score (nSPS) is 16.4. The van der Waals surface area contributed by atoms with Crippen LogP contribution in [-0.4, -0.2) is 37.6 Å². The van der Waals surface area contributed by atoms with Crippen molar-refractivity contribution in [2.45, 2.75) is 23.8 Å². The molecule has 3 heterocycles. The van der Waals surface area contributed by atoms with Crippen molar-refractivity contribution in [1.82, 2.24) is 4.57 Å². The Bertz CT molecular complexity index is 936. The first kappa shape index (κ1) is 17.2. The van der Waals surface area contributed by atoms with Crippen molar-refractivity contribution in [3.05, 3.63) is 54.3 Å². The Morgan fingerprint density at radius 3 is 2.84 bits per heavy atom. The summed E-state index contributed by atoms with van der Waals surface area (Å²) in [6.07, 6.45) is 3.05. The zero-order valence-corrected chi connectivity index (χ0v) is 14.4. The highest BCUT2D eigenvalue weighted by molar-refractivity contribution is 7.91. The molecule has 8 heteroatoms. The van der Waals surface area contributed by atoms with Crippen molar-refractivity contribution in [3.8, 4) is 0 Å². The summed E-state index contributed by atoms with van der Waals surface area (Å²) in [7, 11) is -2.49. The highest BCUT2D eigenvalue weighted by Gasteiger charge is 2.38. The zero-order valence-electron chi connectivity index (χ0n) is 13.6. The summed E-state index contributed by atoms with van der Waals surface area (Å²) in [6.45, 7) is 3.80. The van der Waals surface area contributed by atoms with Crippen LogP contribution in [-0.2, 0) is 25.9 Å². The lowest BCUT2D eigenvalue weighted by Gasteiger charge is -2.07. The molecule has 0 saturated carbocycles. The van der Waals surface area contributed by atoms with Gasteiger partial charge in [0.1, 0.15) is 5.69 Å². The molecule has 0 spiro atoms. The van der Waals surface area contributed by atoms with E-state index in [1.54, 1.807) is 10.6 Å². The first-order valence-corrected chi connectivity index (χ1v) is 9.29. The predicted molar refractivity (Wildman–Crippen MR) is 88.2 cm³/mol. The molecule has 3 rings (SSSR count). The van der Waals surface area contributed by atoms with E-state index in [4.69, 9.17) is 9.15 Å². The molecule has 25 heavy (non-hydrogen) atoms. The molecule has 0 saturated heterocycles. The van der Waals surface area contributed by atoms with Gasteiger partial charge in [0, 0.05) is 12.2 Å². The fraction of sp³-hybridized carbons (Fsp3) is 0.294.